The molecule has 1 aliphatic heterocycles. The molecule has 0 spiro atoms. The zero-order valence-corrected chi connectivity index (χ0v) is 19.7. The summed E-state index contributed by atoms with van der Waals surface area (Å²) in [6.07, 6.45) is 5.00. The Morgan fingerprint density at radius 1 is 1.11 bits per heavy atom. The lowest BCUT2D eigenvalue weighted by Gasteiger charge is -2.40. The van der Waals surface area contributed by atoms with Crippen molar-refractivity contribution in [1.29, 1.82) is 0 Å². The monoisotopic (exact) mass is 424 g/mol. The molecule has 4 nitrogen and oxygen atoms in total. The van der Waals surface area contributed by atoms with Crippen LogP contribution < -0.4 is 5.32 Å². The van der Waals surface area contributed by atoms with E-state index in [1.165, 1.54) is 5.56 Å². The summed E-state index contributed by atoms with van der Waals surface area (Å²) in [4.78, 5) is 27.2. The van der Waals surface area contributed by atoms with Gasteiger partial charge in [-0.05, 0) is 43.2 Å². The molecule has 0 aromatic heterocycles. The lowest BCUT2D eigenvalue weighted by molar-refractivity contribution is -0.142. The number of piperazine rings is 1. The van der Waals surface area contributed by atoms with Gasteiger partial charge in [0.1, 0.15) is 6.04 Å². The molecule has 28 heavy (non-hydrogen) atoms. The number of hydrogen-bond donors (Lipinski definition) is 1. The maximum Gasteiger partial charge on any atom is 0.247 e. The third kappa shape index (κ3) is 7.92. The molecule has 0 bridgehead atoms. The van der Waals surface area contributed by atoms with Crippen LogP contribution in [0.15, 0.2) is 30.3 Å². The molecule has 6 heteroatoms. The molecule has 1 saturated heterocycles. The van der Waals surface area contributed by atoms with E-state index in [1.54, 1.807) is 11.0 Å². The van der Waals surface area contributed by atoms with E-state index in [2.05, 4.69) is 33.0 Å². The summed E-state index contributed by atoms with van der Waals surface area (Å²) >= 11 is 0. The van der Waals surface area contributed by atoms with Crippen molar-refractivity contribution in [2.24, 2.45) is 11.8 Å². The van der Waals surface area contributed by atoms with E-state index in [-0.39, 0.29) is 50.9 Å². The Bertz CT molecular complexity index is 657. The van der Waals surface area contributed by atoms with Gasteiger partial charge in [-0.15, -0.1) is 0 Å². The Balaban J connectivity index is 0.00000364. The fourth-order valence-corrected chi connectivity index (χ4v) is 3.42. The van der Waals surface area contributed by atoms with Crippen LogP contribution in [0.2, 0.25) is 0 Å². The first-order valence-corrected chi connectivity index (χ1v) is 9.62. The first-order chi connectivity index (χ1) is 12.3. The molecule has 1 heterocycles. The van der Waals surface area contributed by atoms with Crippen LogP contribution in [0.1, 0.15) is 51.7 Å². The largest absolute Gasteiger partial charge is 0.350 e. The van der Waals surface area contributed by atoms with Crippen LogP contribution in [0.25, 0.3) is 6.08 Å². The van der Waals surface area contributed by atoms with Crippen LogP contribution in [-0.4, -0.2) is 35.3 Å². The van der Waals surface area contributed by atoms with Gasteiger partial charge in [0, 0.05) is 18.7 Å². The smallest absolute Gasteiger partial charge is 0.247 e. The summed E-state index contributed by atoms with van der Waals surface area (Å²) in [7, 11) is 0. The number of aryl methyl sites for hydroxylation is 1. The average molecular weight is 425 g/mol. The van der Waals surface area contributed by atoms with Gasteiger partial charge in [-0.1, -0.05) is 57.5 Å². The van der Waals surface area contributed by atoms with E-state index in [4.69, 9.17) is 0 Å². The zero-order valence-electron chi connectivity index (χ0n) is 17.7. The van der Waals surface area contributed by atoms with Crippen LogP contribution in [-0.2, 0) is 9.59 Å². The van der Waals surface area contributed by atoms with Crippen molar-refractivity contribution < 1.29 is 9.59 Å². The molecule has 1 N–H and O–H groups in total. The Morgan fingerprint density at radius 2 is 1.68 bits per heavy atom. The number of nitrogens with one attached hydrogen (secondary N) is 1. The van der Waals surface area contributed by atoms with Crippen LogP contribution in [0.3, 0.4) is 0 Å². The van der Waals surface area contributed by atoms with Gasteiger partial charge in [0.2, 0.25) is 11.8 Å². The molecule has 1 aromatic carbocycles. The maximum absolute atomic E-state index is 12.9. The SMILES string of the molecule is Cc1ccc(/C=C/C(=O)N2C[C@H](CC(C)C)NC(=O)[C@@H]2CC(C)C)cc1.S.S. The van der Waals surface area contributed by atoms with Gasteiger partial charge in [-0.2, -0.15) is 27.0 Å². The van der Waals surface area contributed by atoms with Crippen molar-refractivity contribution in [1.82, 2.24) is 10.2 Å². The highest BCUT2D eigenvalue weighted by Crippen LogP contribution is 2.20. The second-order valence-corrected chi connectivity index (χ2v) is 8.22. The molecule has 2 amide bonds. The van der Waals surface area contributed by atoms with E-state index >= 15 is 0 Å². The highest BCUT2D eigenvalue weighted by Gasteiger charge is 2.36. The number of rotatable bonds is 6. The van der Waals surface area contributed by atoms with Gasteiger partial charge in [-0.25, -0.2) is 0 Å². The van der Waals surface area contributed by atoms with Crippen molar-refractivity contribution >= 4 is 44.9 Å². The predicted molar refractivity (Wildman–Crippen MR) is 127 cm³/mol. The second-order valence-electron chi connectivity index (χ2n) is 8.22. The number of amides is 2. The average Bonchev–Trinajstić information content (AvgIpc) is 2.55. The molecule has 1 fully saturated rings. The zero-order chi connectivity index (χ0) is 19.3. The van der Waals surface area contributed by atoms with Gasteiger partial charge in [0.05, 0.1) is 0 Å². The molecule has 0 radical (unpaired) electrons. The van der Waals surface area contributed by atoms with E-state index in [1.807, 2.05) is 37.3 Å². The third-order valence-corrected chi connectivity index (χ3v) is 4.67. The Kier molecular flexibility index (Phi) is 11.6. The van der Waals surface area contributed by atoms with E-state index in [9.17, 15) is 9.59 Å². The van der Waals surface area contributed by atoms with E-state index < -0.39 is 0 Å². The van der Waals surface area contributed by atoms with Crippen LogP contribution in [0.5, 0.6) is 0 Å². The van der Waals surface area contributed by atoms with Crippen molar-refractivity contribution in [2.75, 3.05) is 6.54 Å². The lowest BCUT2D eigenvalue weighted by Crippen LogP contribution is -2.61. The highest BCUT2D eigenvalue weighted by atomic mass is 32.1. The van der Waals surface area contributed by atoms with Crippen LogP contribution in [0.4, 0.5) is 0 Å². The summed E-state index contributed by atoms with van der Waals surface area (Å²) in [5.74, 6) is 0.721. The number of carbonyl (C=O) groups is 2. The Hall–Kier alpha value is -1.40. The second kappa shape index (κ2) is 12.2. The van der Waals surface area contributed by atoms with Crippen molar-refractivity contribution in [3.8, 4) is 0 Å². The summed E-state index contributed by atoms with van der Waals surface area (Å²) < 4.78 is 0. The highest BCUT2D eigenvalue weighted by molar-refractivity contribution is 7.59. The molecule has 1 aromatic rings. The summed E-state index contributed by atoms with van der Waals surface area (Å²) in [5, 5.41) is 3.11. The van der Waals surface area contributed by atoms with Gasteiger partial charge in [-0.3, -0.25) is 9.59 Å². The number of carbonyl (C=O) groups excluding carboxylic acids is 2. The van der Waals surface area contributed by atoms with Gasteiger partial charge in [0.25, 0.3) is 0 Å². The third-order valence-electron chi connectivity index (χ3n) is 4.67. The molecular weight excluding hydrogens is 388 g/mol. The molecule has 1 aliphatic rings. The quantitative estimate of drug-likeness (QED) is 0.701. The molecule has 0 aliphatic carbocycles. The first-order valence-electron chi connectivity index (χ1n) is 9.62. The molecular formula is C22H36N2O2S2. The number of hydrogen-bond acceptors (Lipinski definition) is 2. The molecule has 158 valence electrons. The fraction of sp³-hybridized carbons (Fsp3) is 0.545. The minimum absolute atomic E-state index is 0. The van der Waals surface area contributed by atoms with Gasteiger partial charge < -0.3 is 10.2 Å². The lowest BCUT2D eigenvalue weighted by atomic mass is 9.95. The molecule has 2 atom stereocenters. The topological polar surface area (TPSA) is 49.4 Å². The number of benzene rings is 1. The van der Waals surface area contributed by atoms with Gasteiger partial charge in [0.15, 0.2) is 0 Å². The first kappa shape index (κ1) is 26.6. The fourth-order valence-electron chi connectivity index (χ4n) is 3.42. The van der Waals surface area contributed by atoms with Crippen molar-refractivity contribution in [3.63, 3.8) is 0 Å². The molecule has 2 rings (SSSR count). The van der Waals surface area contributed by atoms with Crippen LogP contribution in [0, 0.1) is 18.8 Å². The Labute approximate surface area is 184 Å². The van der Waals surface area contributed by atoms with Gasteiger partial charge >= 0.3 is 0 Å². The summed E-state index contributed by atoms with van der Waals surface area (Å²) in [6.45, 7) is 11.1. The number of nitrogens with zero attached hydrogens (tertiary/aromatic N) is 1. The minimum Gasteiger partial charge on any atom is -0.350 e. The normalized spacial score (nSPS) is 19.4. The summed E-state index contributed by atoms with van der Waals surface area (Å²) in [6, 6.07) is 7.69. The van der Waals surface area contributed by atoms with Crippen molar-refractivity contribution in [3.05, 3.63) is 41.5 Å². The molecule has 0 unspecified atom stereocenters. The minimum atomic E-state index is -0.381. The summed E-state index contributed by atoms with van der Waals surface area (Å²) in [5.41, 5.74) is 2.18. The maximum atomic E-state index is 12.9. The van der Waals surface area contributed by atoms with Crippen LogP contribution >= 0.6 is 27.0 Å². The standard InChI is InChI=1S/C22H32N2O2.2H2S/c1-15(2)12-19-14-24(20(13-16(3)4)22(26)23-19)21(25)11-10-18-8-6-17(5)7-9-18;;/h6-11,15-16,19-20H,12-14H2,1-5H3,(H,23,26);2*1H2/b11-10+;;/t19-,20-;;/m0../s1. The van der Waals surface area contributed by atoms with Crippen molar-refractivity contribution in [2.45, 2.75) is 59.5 Å². The predicted octanol–water partition coefficient (Wildman–Crippen LogP) is 4.02. The Morgan fingerprint density at radius 3 is 2.21 bits per heavy atom. The van der Waals surface area contributed by atoms with E-state index in [0.29, 0.717) is 24.8 Å². The molecule has 0 saturated carbocycles. The van der Waals surface area contributed by atoms with E-state index in [0.717, 1.165) is 12.0 Å².